The zero-order chi connectivity index (χ0) is 21.1. The number of amides is 1. The SMILES string of the molecule is COC(=O)CC[C@H](NC(=O)c1cc2c([nH]c3ccccc32)c(C(C)=O)n1)C(=O)O. The second-order valence-corrected chi connectivity index (χ2v) is 6.48. The molecule has 3 aromatic rings. The highest BCUT2D eigenvalue weighted by atomic mass is 16.5. The molecule has 0 aliphatic heterocycles. The van der Waals surface area contributed by atoms with Crippen LogP contribution in [0, 0.1) is 0 Å². The number of fused-ring (bicyclic) bond motifs is 3. The summed E-state index contributed by atoms with van der Waals surface area (Å²) in [4.78, 5) is 54.8. The molecule has 0 radical (unpaired) electrons. The Morgan fingerprint density at radius 3 is 2.59 bits per heavy atom. The normalized spacial score (nSPS) is 11.9. The largest absolute Gasteiger partial charge is 0.480 e. The van der Waals surface area contributed by atoms with Gasteiger partial charge < -0.3 is 20.1 Å². The molecule has 0 unspecified atom stereocenters. The topological polar surface area (TPSA) is 138 Å². The van der Waals surface area contributed by atoms with E-state index in [1.807, 2.05) is 24.3 Å². The van der Waals surface area contributed by atoms with Crippen molar-refractivity contribution in [3.63, 3.8) is 0 Å². The number of ketones is 1. The number of rotatable bonds is 7. The van der Waals surface area contributed by atoms with Gasteiger partial charge in [0.1, 0.15) is 17.4 Å². The number of hydrogen-bond acceptors (Lipinski definition) is 6. The minimum atomic E-state index is -1.30. The molecule has 0 aliphatic carbocycles. The van der Waals surface area contributed by atoms with E-state index in [1.165, 1.54) is 20.1 Å². The summed E-state index contributed by atoms with van der Waals surface area (Å²) in [6.45, 7) is 1.34. The summed E-state index contributed by atoms with van der Waals surface area (Å²) in [5, 5.41) is 13.1. The number of carbonyl (C=O) groups excluding carboxylic acids is 3. The van der Waals surface area contributed by atoms with Crippen LogP contribution in [0.1, 0.15) is 40.7 Å². The number of aliphatic carboxylic acids is 1. The van der Waals surface area contributed by atoms with Crippen LogP contribution >= 0.6 is 0 Å². The Morgan fingerprint density at radius 1 is 1.21 bits per heavy atom. The van der Waals surface area contributed by atoms with Crippen LogP contribution in [-0.2, 0) is 14.3 Å². The third-order valence-electron chi connectivity index (χ3n) is 4.53. The maximum Gasteiger partial charge on any atom is 0.326 e. The van der Waals surface area contributed by atoms with Crippen molar-refractivity contribution in [1.82, 2.24) is 15.3 Å². The van der Waals surface area contributed by atoms with Crippen LogP contribution in [-0.4, -0.2) is 51.9 Å². The van der Waals surface area contributed by atoms with Gasteiger partial charge >= 0.3 is 11.9 Å². The van der Waals surface area contributed by atoms with Gasteiger partial charge in [0.2, 0.25) is 0 Å². The Balaban J connectivity index is 1.98. The molecule has 0 saturated carbocycles. The summed E-state index contributed by atoms with van der Waals surface area (Å²) in [5.41, 5.74) is 1.30. The average molecular weight is 397 g/mol. The number of methoxy groups -OCH3 is 1. The second kappa shape index (κ2) is 8.09. The van der Waals surface area contributed by atoms with Crippen LogP contribution in [0.15, 0.2) is 30.3 Å². The summed E-state index contributed by atoms with van der Waals surface area (Å²) in [5.74, 6) is -2.96. The predicted molar refractivity (Wildman–Crippen MR) is 104 cm³/mol. The molecule has 1 aromatic carbocycles. The van der Waals surface area contributed by atoms with E-state index in [-0.39, 0.29) is 30.0 Å². The Labute approximate surface area is 165 Å². The minimum Gasteiger partial charge on any atom is -0.480 e. The number of Topliss-reactive ketones (excluding diaryl/α,β-unsaturated/α-hetero) is 1. The van der Waals surface area contributed by atoms with Gasteiger partial charge in [-0.2, -0.15) is 0 Å². The number of carboxylic acids is 1. The molecule has 0 aliphatic rings. The highest BCUT2D eigenvalue weighted by molar-refractivity contribution is 6.15. The zero-order valence-corrected chi connectivity index (χ0v) is 15.8. The molecule has 9 nitrogen and oxygen atoms in total. The first kappa shape index (κ1) is 20.0. The summed E-state index contributed by atoms with van der Waals surface area (Å²) in [7, 11) is 1.19. The number of nitrogens with zero attached hydrogens (tertiary/aromatic N) is 1. The molecule has 2 aromatic heterocycles. The number of aromatic nitrogens is 2. The van der Waals surface area contributed by atoms with Crippen molar-refractivity contribution in [2.45, 2.75) is 25.8 Å². The van der Waals surface area contributed by atoms with Crippen molar-refractivity contribution >= 4 is 45.4 Å². The van der Waals surface area contributed by atoms with Crippen molar-refractivity contribution in [2.75, 3.05) is 7.11 Å². The lowest BCUT2D eigenvalue weighted by Gasteiger charge is -2.14. The van der Waals surface area contributed by atoms with Crippen molar-refractivity contribution in [1.29, 1.82) is 0 Å². The number of nitrogens with one attached hydrogen (secondary N) is 2. The third-order valence-corrected chi connectivity index (χ3v) is 4.53. The smallest absolute Gasteiger partial charge is 0.326 e. The maximum atomic E-state index is 12.7. The highest BCUT2D eigenvalue weighted by Gasteiger charge is 2.24. The van der Waals surface area contributed by atoms with Crippen LogP contribution < -0.4 is 5.32 Å². The lowest BCUT2D eigenvalue weighted by Crippen LogP contribution is -2.41. The van der Waals surface area contributed by atoms with Gasteiger partial charge in [0, 0.05) is 29.6 Å². The summed E-state index contributed by atoms with van der Waals surface area (Å²) in [6.07, 6.45) is -0.302. The first-order valence-electron chi connectivity index (χ1n) is 8.84. The Hall–Kier alpha value is -3.75. The van der Waals surface area contributed by atoms with E-state index in [1.54, 1.807) is 0 Å². The number of aromatic amines is 1. The molecule has 0 bridgehead atoms. The van der Waals surface area contributed by atoms with Crippen LogP contribution in [0.25, 0.3) is 21.8 Å². The number of pyridine rings is 1. The second-order valence-electron chi connectivity index (χ2n) is 6.48. The van der Waals surface area contributed by atoms with Crippen molar-refractivity contribution < 1.29 is 29.0 Å². The number of esters is 1. The van der Waals surface area contributed by atoms with Gasteiger partial charge in [0.05, 0.1) is 12.6 Å². The predicted octanol–water partition coefficient (Wildman–Crippen LogP) is 2.05. The van der Waals surface area contributed by atoms with E-state index in [0.717, 1.165) is 10.9 Å². The number of ether oxygens (including phenoxy) is 1. The lowest BCUT2D eigenvalue weighted by atomic mass is 10.1. The summed E-state index contributed by atoms with van der Waals surface area (Å²) >= 11 is 0. The van der Waals surface area contributed by atoms with Gasteiger partial charge in [-0.1, -0.05) is 18.2 Å². The first-order valence-corrected chi connectivity index (χ1v) is 8.84. The molecule has 150 valence electrons. The number of hydrogen-bond donors (Lipinski definition) is 3. The fourth-order valence-corrected chi connectivity index (χ4v) is 3.07. The standard InChI is InChI=1S/C20H19N3O6/c1-10(24)17-18-12(11-5-3-4-6-13(11)21-18)9-15(22-17)19(26)23-14(20(27)28)7-8-16(25)29-2/h3-6,9,14,21H,7-8H2,1-2H3,(H,23,26)(H,27,28)/t14-/m0/s1. The maximum absolute atomic E-state index is 12.7. The number of carbonyl (C=O) groups is 4. The highest BCUT2D eigenvalue weighted by Crippen LogP contribution is 2.28. The van der Waals surface area contributed by atoms with Gasteiger partial charge in [-0.25, -0.2) is 9.78 Å². The fraction of sp³-hybridized carbons (Fsp3) is 0.250. The van der Waals surface area contributed by atoms with E-state index in [0.29, 0.717) is 10.9 Å². The van der Waals surface area contributed by atoms with Gasteiger partial charge in [-0.3, -0.25) is 14.4 Å². The van der Waals surface area contributed by atoms with Crippen molar-refractivity contribution in [2.24, 2.45) is 0 Å². The average Bonchev–Trinajstić information content (AvgIpc) is 3.08. The first-order chi connectivity index (χ1) is 13.8. The van der Waals surface area contributed by atoms with Gasteiger partial charge in [-0.05, 0) is 18.6 Å². The Bertz CT molecular complexity index is 1130. The Morgan fingerprint density at radius 2 is 1.93 bits per heavy atom. The molecule has 3 rings (SSSR count). The van der Waals surface area contributed by atoms with Gasteiger partial charge in [-0.15, -0.1) is 0 Å². The van der Waals surface area contributed by atoms with Crippen molar-refractivity contribution in [3.8, 4) is 0 Å². The number of H-pyrrole nitrogens is 1. The van der Waals surface area contributed by atoms with Crippen LogP contribution in [0.4, 0.5) is 0 Å². The number of benzene rings is 1. The number of para-hydroxylation sites is 1. The molecule has 0 spiro atoms. The Kier molecular flexibility index (Phi) is 5.58. The molecule has 0 saturated heterocycles. The molecule has 1 atom stereocenters. The van der Waals surface area contributed by atoms with E-state index >= 15 is 0 Å². The molecule has 1 amide bonds. The fourth-order valence-electron chi connectivity index (χ4n) is 3.07. The van der Waals surface area contributed by atoms with E-state index in [2.05, 4.69) is 20.0 Å². The molecule has 9 heteroatoms. The molecule has 3 N–H and O–H groups in total. The van der Waals surface area contributed by atoms with E-state index in [9.17, 15) is 24.3 Å². The van der Waals surface area contributed by atoms with E-state index in [4.69, 9.17) is 0 Å². The van der Waals surface area contributed by atoms with Crippen LogP contribution in [0.3, 0.4) is 0 Å². The van der Waals surface area contributed by atoms with Crippen LogP contribution in [0.2, 0.25) is 0 Å². The number of carboxylic acid groups (broad SMARTS) is 1. The van der Waals surface area contributed by atoms with Crippen LogP contribution in [0.5, 0.6) is 0 Å². The van der Waals surface area contributed by atoms with E-state index < -0.39 is 23.9 Å². The zero-order valence-electron chi connectivity index (χ0n) is 15.8. The van der Waals surface area contributed by atoms with Gasteiger partial charge in [0.15, 0.2) is 5.78 Å². The quantitative estimate of drug-likeness (QED) is 0.410. The molecular weight excluding hydrogens is 378 g/mol. The molecule has 0 fully saturated rings. The third kappa shape index (κ3) is 4.08. The molecule has 29 heavy (non-hydrogen) atoms. The molecular formula is C20H19N3O6. The van der Waals surface area contributed by atoms with Crippen molar-refractivity contribution in [3.05, 3.63) is 41.7 Å². The summed E-state index contributed by atoms with van der Waals surface area (Å²) in [6, 6.07) is 7.56. The lowest BCUT2D eigenvalue weighted by molar-refractivity contribution is -0.142. The molecule has 2 heterocycles. The monoisotopic (exact) mass is 397 g/mol. The van der Waals surface area contributed by atoms with Gasteiger partial charge in [0.25, 0.3) is 5.91 Å². The minimum absolute atomic E-state index is 0.0863. The summed E-state index contributed by atoms with van der Waals surface area (Å²) < 4.78 is 4.49.